The highest BCUT2D eigenvalue weighted by molar-refractivity contribution is 6.10. The second-order valence-corrected chi connectivity index (χ2v) is 7.55. The molecule has 1 aliphatic rings. The van der Waals surface area contributed by atoms with Crippen LogP contribution in [0.1, 0.15) is 22.5 Å². The zero-order valence-electron chi connectivity index (χ0n) is 16.2. The van der Waals surface area contributed by atoms with Crippen LogP contribution in [0.5, 0.6) is 5.75 Å². The van der Waals surface area contributed by atoms with Crippen LogP contribution in [0.25, 0.3) is 21.8 Å². The number of nitrogen functional groups attached to an aromatic ring is 1. The molecular formula is C23H24N4O. The van der Waals surface area contributed by atoms with E-state index in [0.29, 0.717) is 11.4 Å². The topological polar surface area (TPSA) is 67.2 Å². The number of H-pyrrole nitrogens is 1. The van der Waals surface area contributed by atoms with E-state index >= 15 is 0 Å². The van der Waals surface area contributed by atoms with Crippen LogP contribution >= 0.6 is 0 Å². The summed E-state index contributed by atoms with van der Waals surface area (Å²) >= 11 is 0. The Bertz CT molecular complexity index is 1180. The van der Waals surface area contributed by atoms with Crippen LogP contribution in [0.4, 0.5) is 5.69 Å². The Balaban J connectivity index is 1.61. The first kappa shape index (κ1) is 17.1. The smallest absolute Gasteiger partial charge is 0.144 e. The molecule has 0 atom stereocenters. The maximum absolute atomic E-state index is 6.31. The summed E-state index contributed by atoms with van der Waals surface area (Å²) in [5, 5.41) is 2.30. The Hall–Kier alpha value is -3.05. The number of benzene rings is 2. The minimum atomic E-state index is 0.600. The Morgan fingerprint density at radius 1 is 1.18 bits per heavy atom. The predicted octanol–water partition coefficient (Wildman–Crippen LogP) is 4.17. The molecule has 4 aromatic rings. The van der Waals surface area contributed by atoms with E-state index in [-0.39, 0.29) is 0 Å². The van der Waals surface area contributed by atoms with Gasteiger partial charge in [0.25, 0.3) is 0 Å². The van der Waals surface area contributed by atoms with Gasteiger partial charge in [-0.1, -0.05) is 30.3 Å². The number of aryl methyl sites for hydroxylation is 1. The normalized spacial score (nSPS) is 14.5. The zero-order valence-corrected chi connectivity index (χ0v) is 16.2. The Morgan fingerprint density at radius 2 is 2.00 bits per heavy atom. The first-order chi connectivity index (χ1) is 13.7. The number of hydrogen-bond donors (Lipinski definition) is 2. The molecule has 2 aromatic heterocycles. The zero-order chi connectivity index (χ0) is 19.3. The van der Waals surface area contributed by atoms with Crippen molar-refractivity contribution in [3.63, 3.8) is 0 Å². The van der Waals surface area contributed by atoms with E-state index in [4.69, 9.17) is 15.5 Å². The monoisotopic (exact) mass is 372 g/mol. The van der Waals surface area contributed by atoms with Gasteiger partial charge in [-0.2, -0.15) is 0 Å². The first-order valence-electron chi connectivity index (χ1n) is 9.68. The van der Waals surface area contributed by atoms with Crippen LogP contribution in [0, 0.1) is 6.92 Å². The lowest BCUT2D eigenvalue weighted by atomic mass is 10.0. The highest BCUT2D eigenvalue weighted by atomic mass is 16.5. The Kier molecular flexibility index (Phi) is 3.98. The van der Waals surface area contributed by atoms with Gasteiger partial charge >= 0.3 is 0 Å². The summed E-state index contributed by atoms with van der Waals surface area (Å²) in [6, 6.07) is 14.7. The van der Waals surface area contributed by atoms with E-state index in [9.17, 15) is 0 Å². The van der Waals surface area contributed by atoms with Gasteiger partial charge in [-0.3, -0.25) is 9.88 Å². The molecule has 5 rings (SSSR count). The maximum Gasteiger partial charge on any atom is 0.144 e. The summed E-state index contributed by atoms with van der Waals surface area (Å²) in [5.74, 6) is 0.670. The molecule has 0 unspecified atom stereocenters. The van der Waals surface area contributed by atoms with Crippen LogP contribution in [-0.2, 0) is 19.5 Å². The molecule has 1 aliphatic heterocycles. The second kappa shape index (κ2) is 6.53. The molecule has 0 saturated heterocycles. The van der Waals surface area contributed by atoms with Crippen LogP contribution in [0.2, 0.25) is 0 Å². The molecular weight excluding hydrogens is 348 g/mol. The lowest BCUT2D eigenvalue weighted by Crippen LogP contribution is -2.29. The third kappa shape index (κ3) is 2.62. The van der Waals surface area contributed by atoms with Crippen LogP contribution in [0.15, 0.2) is 42.5 Å². The molecule has 3 heterocycles. The second-order valence-electron chi connectivity index (χ2n) is 7.55. The minimum absolute atomic E-state index is 0.600. The number of aromatic nitrogens is 2. The first-order valence-corrected chi connectivity index (χ1v) is 9.68. The van der Waals surface area contributed by atoms with Crippen molar-refractivity contribution in [1.82, 2.24) is 14.9 Å². The van der Waals surface area contributed by atoms with Crippen molar-refractivity contribution < 1.29 is 4.74 Å². The molecule has 0 saturated carbocycles. The van der Waals surface area contributed by atoms with Crippen LogP contribution in [-0.4, -0.2) is 28.5 Å². The lowest BCUT2D eigenvalue weighted by Gasteiger charge is -2.27. The minimum Gasteiger partial charge on any atom is -0.495 e. The lowest BCUT2D eigenvalue weighted by molar-refractivity contribution is 0.245. The summed E-state index contributed by atoms with van der Waals surface area (Å²) in [6.07, 6.45) is 1.02. The number of nitrogens with two attached hydrogens (primary N) is 1. The van der Waals surface area contributed by atoms with Gasteiger partial charge < -0.3 is 15.5 Å². The molecule has 0 aliphatic carbocycles. The molecule has 2 aromatic carbocycles. The highest BCUT2D eigenvalue weighted by Crippen LogP contribution is 2.37. The third-order valence-electron chi connectivity index (χ3n) is 5.81. The predicted molar refractivity (Wildman–Crippen MR) is 114 cm³/mol. The Labute approximate surface area is 164 Å². The number of aromatic amines is 1. The number of anilines is 1. The van der Waals surface area contributed by atoms with Crippen LogP contribution < -0.4 is 10.5 Å². The molecule has 28 heavy (non-hydrogen) atoms. The van der Waals surface area contributed by atoms with Gasteiger partial charge in [-0.05, 0) is 30.2 Å². The largest absolute Gasteiger partial charge is 0.495 e. The molecule has 0 radical (unpaired) electrons. The number of nitrogens with one attached hydrogen (secondary N) is 1. The highest BCUT2D eigenvalue weighted by Gasteiger charge is 2.24. The van der Waals surface area contributed by atoms with Crippen molar-refractivity contribution in [1.29, 1.82) is 0 Å². The third-order valence-corrected chi connectivity index (χ3v) is 5.81. The molecule has 5 heteroatoms. The molecule has 3 N–H and O–H groups in total. The van der Waals surface area contributed by atoms with Gasteiger partial charge in [0.15, 0.2) is 0 Å². The van der Waals surface area contributed by atoms with E-state index in [1.807, 2.05) is 6.07 Å². The molecule has 5 nitrogen and oxygen atoms in total. The van der Waals surface area contributed by atoms with Crippen molar-refractivity contribution in [3.05, 3.63) is 65.0 Å². The fourth-order valence-corrected chi connectivity index (χ4v) is 4.44. The van der Waals surface area contributed by atoms with Crippen molar-refractivity contribution in [2.45, 2.75) is 26.4 Å². The number of rotatable bonds is 3. The SMILES string of the molecule is COc1ccc2c(nc(C)c3c4c([nH]c32)CCN(Cc2ccccc2)C4)c1N. The fourth-order valence-electron chi connectivity index (χ4n) is 4.44. The quantitative estimate of drug-likeness (QED) is 0.530. The number of methoxy groups -OCH3 is 1. The number of fused-ring (bicyclic) bond motifs is 5. The van der Waals surface area contributed by atoms with Crippen molar-refractivity contribution in [2.75, 3.05) is 19.4 Å². The van der Waals surface area contributed by atoms with E-state index in [0.717, 1.165) is 48.2 Å². The van der Waals surface area contributed by atoms with Gasteiger partial charge in [0, 0.05) is 48.2 Å². The van der Waals surface area contributed by atoms with E-state index < -0.39 is 0 Å². The van der Waals surface area contributed by atoms with Crippen molar-refractivity contribution in [2.24, 2.45) is 0 Å². The molecule has 0 amide bonds. The Morgan fingerprint density at radius 3 is 2.79 bits per heavy atom. The molecule has 142 valence electrons. The number of hydrogen-bond acceptors (Lipinski definition) is 4. The van der Waals surface area contributed by atoms with Gasteiger partial charge in [0.05, 0.1) is 18.1 Å². The summed E-state index contributed by atoms with van der Waals surface area (Å²) in [4.78, 5) is 11.1. The average Bonchev–Trinajstić information content (AvgIpc) is 3.09. The maximum atomic E-state index is 6.31. The molecule has 0 fully saturated rings. The summed E-state index contributed by atoms with van der Waals surface area (Å²) in [5.41, 5.74) is 13.9. The average molecular weight is 372 g/mol. The number of pyridine rings is 1. The van der Waals surface area contributed by atoms with Gasteiger partial charge in [-0.15, -0.1) is 0 Å². The number of ether oxygens (including phenoxy) is 1. The summed E-state index contributed by atoms with van der Waals surface area (Å²) < 4.78 is 5.38. The van der Waals surface area contributed by atoms with Crippen molar-refractivity contribution in [3.8, 4) is 5.75 Å². The number of nitrogens with zero attached hydrogens (tertiary/aromatic N) is 2. The molecule has 0 bridgehead atoms. The summed E-state index contributed by atoms with van der Waals surface area (Å²) in [7, 11) is 1.64. The van der Waals surface area contributed by atoms with Crippen LogP contribution in [0.3, 0.4) is 0 Å². The van der Waals surface area contributed by atoms with Gasteiger partial charge in [0.2, 0.25) is 0 Å². The van der Waals surface area contributed by atoms with E-state index in [1.165, 1.54) is 22.2 Å². The fraction of sp³-hybridized carbons (Fsp3) is 0.261. The van der Waals surface area contributed by atoms with E-state index in [2.05, 4.69) is 53.2 Å². The van der Waals surface area contributed by atoms with Gasteiger partial charge in [0.1, 0.15) is 11.4 Å². The van der Waals surface area contributed by atoms with E-state index in [1.54, 1.807) is 7.11 Å². The standard InChI is InChI=1S/C23H24N4O/c1-14-20-17-13-27(12-15-6-4-3-5-7-15)11-10-18(17)26-22(20)16-8-9-19(28-2)21(24)23(16)25-14/h3-9,26H,10-13,24H2,1-2H3. The van der Waals surface area contributed by atoms with Gasteiger partial charge in [-0.25, -0.2) is 0 Å². The summed E-state index contributed by atoms with van der Waals surface area (Å²) in [6.45, 7) is 5.03. The van der Waals surface area contributed by atoms with Crippen molar-refractivity contribution >= 4 is 27.5 Å². The molecule has 0 spiro atoms.